The molecule has 1 fully saturated rings. The monoisotopic (exact) mass is 368 g/mol. The summed E-state index contributed by atoms with van der Waals surface area (Å²) in [7, 11) is 0. The van der Waals surface area contributed by atoms with Crippen molar-refractivity contribution in [1.29, 1.82) is 0 Å². The summed E-state index contributed by atoms with van der Waals surface area (Å²) in [4.78, 5) is 18.9. The van der Waals surface area contributed by atoms with E-state index in [1.54, 1.807) is 0 Å². The van der Waals surface area contributed by atoms with Gasteiger partial charge in [-0.15, -0.1) is 0 Å². The molecule has 2 aromatic rings. The molecule has 0 N–H and O–H groups in total. The molecule has 5 heteroatoms. The maximum Gasteiger partial charge on any atom is 0.253 e. The number of ether oxygens (including phenoxy) is 2. The Morgan fingerprint density at radius 2 is 2.00 bits per heavy atom. The van der Waals surface area contributed by atoms with E-state index in [2.05, 4.69) is 11.9 Å². The summed E-state index contributed by atoms with van der Waals surface area (Å²) in [6.45, 7) is 6.12. The first-order chi connectivity index (χ1) is 13.2. The van der Waals surface area contributed by atoms with Crippen molar-refractivity contribution in [3.05, 3.63) is 53.7 Å². The number of likely N-dealkylation sites (tertiary alicyclic amines) is 1. The third-order valence-electron chi connectivity index (χ3n) is 4.70. The van der Waals surface area contributed by atoms with Crippen molar-refractivity contribution in [2.45, 2.75) is 45.6 Å². The molecule has 1 saturated heterocycles. The molecular weight excluding hydrogens is 340 g/mol. The molecule has 1 aliphatic heterocycles. The molecule has 1 aromatic heterocycles. The quantitative estimate of drug-likeness (QED) is 0.654. The summed E-state index contributed by atoms with van der Waals surface area (Å²) in [6.07, 6.45) is 4.22. The first kappa shape index (κ1) is 19.2. The molecule has 1 aromatic carbocycles. The first-order valence-electron chi connectivity index (χ1n) is 9.78. The zero-order chi connectivity index (χ0) is 19.1. The van der Waals surface area contributed by atoms with Crippen LogP contribution in [0.1, 0.15) is 48.7 Å². The number of rotatable bonds is 8. The number of benzene rings is 1. The number of hydrogen-bond donors (Lipinski definition) is 0. The molecule has 0 bridgehead atoms. The summed E-state index contributed by atoms with van der Waals surface area (Å²) in [5.41, 5.74) is 1.61. The Morgan fingerprint density at radius 3 is 2.74 bits per heavy atom. The Bertz CT molecular complexity index is 745. The Kier molecular flexibility index (Phi) is 6.69. The van der Waals surface area contributed by atoms with Gasteiger partial charge < -0.3 is 14.4 Å². The highest BCUT2D eigenvalue weighted by molar-refractivity contribution is 5.94. The van der Waals surface area contributed by atoms with Crippen LogP contribution in [0.4, 0.5) is 0 Å². The second-order valence-electron chi connectivity index (χ2n) is 6.98. The molecule has 1 atom stereocenters. The lowest BCUT2D eigenvalue weighted by Gasteiger charge is -2.17. The van der Waals surface area contributed by atoms with Gasteiger partial charge in [-0.2, -0.15) is 0 Å². The van der Waals surface area contributed by atoms with Gasteiger partial charge in [-0.3, -0.25) is 4.79 Å². The van der Waals surface area contributed by atoms with Crippen LogP contribution in [0.2, 0.25) is 0 Å². The fraction of sp³-hybridized carbons (Fsp3) is 0.455. The number of amides is 1. The highest BCUT2D eigenvalue weighted by Crippen LogP contribution is 2.20. The summed E-state index contributed by atoms with van der Waals surface area (Å²) in [5, 5.41) is 0. The van der Waals surface area contributed by atoms with E-state index in [-0.39, 0.29) is 12.0 Å². The van der Waals surface area contributed by atoms with E-state index in [1.165, 1.54) is 12.8 Å². The van der Waals surface area contributed by atoms with Gasteiger partial charge in [0.2, 0.25) is 5.88 Å². The van der Waals surface area contributed by atoms with Crippen LogP contribution in [0.3, 0.4) is 0 Å². The molecule has 2 heterocycles. The van der Waals surface area contributed by atoms with Crippen LogP contribution in [-0.4, -0.2) is 41.6 Å². The van der Waals surface area contributed by atoms with Crippen molar-refractivity contribution in [2.24, 2.45) is 0 Å². The highest BCUT2D eigenvalue weighted by atomic mass is 16.5. The summed E-state index contributed by atoms with van der Waals surface area (Å²) in [6, 6.07) is 13.2. The van der Waals surface area contributed by atoms with Crippen LogP contribution in [0.25, 0.3) is 0 Å². The van der Waals surface area contributed by atoms with E-state index in [0.717, 1.165) is 30.9 Å². The summed E-state index contributed by atoms with van der Waals surface area (Å²) in [5.74, 6) is 1.48. The van der Waals surface area contributed by atoms with Crippen LogP contribution < -0.4 is 9.47 Å². The number of unbranched alkanes of at least 4 members (excludes halogenated alkanes) is 2. The van der Waals surface area contributed by atoms with Crippen molar-refractivity contribution in [2.75, 3.05) is 19.7 Å². The lowest BCUT2D eigenvalue weighted by atomic mass is 10.2. The highest BCUT2D eigenvalue weighted by Gasteiger charge is 2.28. The maximum atomic E-state index is 12.7. The zero-order valence-electron chi connectivity index (χ0n) is 16.2. The molecule has 0 aliphatic carbocycles. The topological polar surface area (TPSA) is 51.7 Å². The van der Waals surface area contributed by atoms with Gasteiger partial charge in [0, 0.05) is 30.3 Å². The Balaban J connectivity index is 1.50. The molecule has 0 radical (unpaired) electrons. The van der Waals surface area contributed by atoms with E-state index in [0.29, 0.717) is 24.5 Å². The SMILES string of the molecule is CCCCCOc1ccc(C(=O)N2CCC(Oc3cccc(C)n3)C2)cc1. The Hall–Kier alpha value is -2.56. The third kappa shape index (κ3) is 5.46. The molecule has 144 valence electrons. The fourth-order valence-corrected chi connectivity index (χ4v) is 3.18. The summed E-state index contributed by atoms with van der Waals surface area (Å²) < 4.78 is 11.6. The molecule has 1 unspecified atom stereocenters. The second-order valence-corrected chi connectivity index (χ2v) is 6.98. The number of carbonyl (C=O) groups is 1. The van der Waals surface area contributed by atoms with Gasteiger partial charge in [-0.25, -0.2) is 4.98 Å². The zero-order valence-corrected chi connectivity index (χ0v) is 16.2. The molecule has 3 rings (SSSR count). The van der Waals surface area contributed by atoms with Crippen LogP contribution >= 0.6 is 0 Å². The average Bonchev–Trinajstić information content (AvgIpc) is 3.14. The second kappa shape index (κ2) is 9.40. The number of aromatic nitrogens is 1. The Labute approximate surface area is 161 Å². The third-order valence-corrected chi connectivity index (χ3v) is 4.70. The molecule has 1 amide bonds. The number of aryl methyl sites for hydroxylation is 1. The minimum atomic E-state index is -0.00979. The van der Waals surface area contributed by atoms with Gasteiger partial charge in [-0.05, 0) is 43.7 Å². The average molecular weight is 368 g/mol. The molecule has 1 aliphatic rings. The molecule has 0 saturated carbocycles. The smallest absolute Gasteiger partial charge is 0.253 e. The van der Waals surface area contributed by atoms with E-state index >= 15 is 0 Å². The van der Waals surface area contributed by atoms with E-state index in [9.17, 15) is 4.79 Å². The van der Waals surface area contributed by atoms with Crippen LogP contribution in [0.5, 0.6) is 11.6 Å². The van der Waals surface area contributed by atoms with Crippen molar-refractivity contribution < 1.29 is 14.3 Å². The normalized spacial score (nSPS) is 16.4. The van der Waals surface area contributed by atoms with Gasteiger partial charge in [0.05, 0.1) is 13.2 Å². The first-order valence-corrected chi connectivity index (χ1v) is 9.78. The number of pyridine rings is 1. The largest absolute Gasteiger partial charge is 0.494 e. The van der Waals surface area contributed by atoms with Crippen LogP contribution in [0.15, 0.2) is 42.5 Å². The summed E-state index contributed by atoms with van der Waals surface area (Å²) >= 11 is 0. The van der Waals surface area contributed by atoms with Crippen LogP contribution in [0, 0.1) is 6.92 Å². The number of nitrogens with zero attached hydrogens (tertiary/aromatic N) is 2. The van der Waals surface area contributed by atoms with Crippen molar-refractivity contribution in [3.63, 3.8) is 0 Å². The number of hydrogen-bond acceptors (Lipinski definition) is 4. The van der Waals surface area contributed by atoms with E-state index in [4.69, 9.17) is 9.47 Å². The van der Waals surface area contributed by atoms with Crippen molar-refractivity contribution in [3.8, 4) is 11.6 Å². The van der Waals surface area contributed by atoms with Crippen molar-refractivity contribution >= 4 is 5.91 Å². The van der Waals surface area contributed by atoms with E-state index < -0.39 is 0 Å². The fourth-order valence-electron chi connectivity index (χ4n) is 3.18. The molecular formula is C22H28N2O3. The maximum absolute atomic E-state index is 12.7. The van der Waals surface area contributed by atoms with E-state index in [1.807, 2.05) is 54.3 Å². The Morgan fingerprint density at radius 1 is 1.19 bits per heavy atom. The number of carbonyl (C=O) groups excluding carboxylic acids is 1. The van der Waals surface area contributed by atoms with Gasteiger partial charge in [0.25, 0.3) is 5.91 Å². The van der Waals surface area contributed by atoms with Crippen LogP contribution in [-0.2, 0) is 0 Å². The minimum absolute atomic E-state index is 0.00979. The van der Waals surface area contributed by atoms with Gasteiger partial charge >= 0.3 is 0 Å². The van der Waals surface area contributed by atoms with Gasteiger partial charge in [-0.1, -0.05) is 25.8 Å². The van der Waals surface area contributed by atoms with Gasteiger partial charge in [0.1, 0.15) is 11.9 Å². The lowest BCUT2D eigenvalue weighted by molar-refractivity contribution is 0.0771. The molecule has 5 nitrogen and oxygen atoms in total. The lowest BCUT2D eigenvalue weighted by Crippen LogP contribution is -2.31. The predicted molar refractivity (Wildman–Crippen MR) is 105 cm³/mol. The standard InChI is InChI=1S/C22H28N2O3/c1-3-4-5-15-26-19-11-9-18(10-12-19)22(25)24-14-13-20(16-24)27-21-8-6-7-17(2)23-21/h6-12,20H,3-5,13-16H2,1-2H3. The van der Waals surface area contributed by atoms with Crippen molar-refractivity contribution in [1.82, 2.24) is 9.88 Å². The molecule has 0 spiro atoms. The predicted octanol–water partition coefficient (Wildman–Crippen LogP) is 4.25. The molecule has 27 heavy (non-hydrogen) atoms. The van der Waals surface area contributed by atoms with Gasteiger partial charge in [0.15, 0.2) is 0 Å². The minimum Gasteiger partial charge on any atom is -0.494 e.